The van der Waals surface area contributed by atoms with E-state index < -0.39 is 0 Å². The average molecular weight is 287 g/mol. The first-order chi connectivity index (χ1) is 9.92. The van der Waals surface area contributed by atoms with Crippen LogP contribution in [-0.4, -0.2) is 42.1 Å². The van der Waals surface area contributed by atoms with Crippen molar-refractivity contribution in [2.75, 3.05) is 31.1 Å². The first-order valence-corrected chi connectivity index (χ1v) is 8.61. The van der Waals surface area contributed by atoms with Crippen LogP contribution in [0.5, 0.6) is 0 Å². The Labute approximate surface area is 124 Å². The summed E-state index contributed by atoms with van der Waals surface area (Å²) in [7, 11) is 0. The Kier molecular flexibility index (Phi) is 3.36. The third kappa shape index (κ3) is 2.21. The minimum Gasteiger partial charge on any atom is -0.354 e. The maximum Gasteiger partial charge on any atom is 0.137 e. The Balaban J connectivity index is 1.50. The molecule has 2 aliphatic rings. The average Bonchev–Trinajstić information content (AvgIpc) is 3.18. The van der Waals surface area contributed by atoms with Gasteiger partial charge in [-0.15, -0.1) is 11.3 Å². The zero-order valence-corrected chi connectivity index (χ0v) is 12.6. The lowest BCUT2D eigenvalue weighted by atomic mass is 10.1. The van der Waals surface area contributed by atoms with Crippen molar-refractivity contribution in [1.29, 1.82) is 0 Å². The van der Waals surface area contributed by atoms with Crippen molar-refractivity contribution in [3.8, 4) is 0 Å². The zero-order chi connectivity index (χ0) is 13.4. The summed E-state index contributed by atoms with van der Waals surface area (Å²) in [5.74, 6) is 1.19. The smallest absolute Gasteiger partial charge is 0.137 e. The van der Waals surface area contributed by atoms with Crippen LogP contribution in [0.25, 0.3) is 10.1 Å². The number of aromatic nitrogens is 1. The zero-order valence-electron chi connectivity index (χ0n) is 11.8. The van der Waals surface area contributed by atoms with E-state index in [0.717, 1.165) is 19.1 Å². The molecule has 20 heavy (non-hydrogen) atoms. The Bertz CT molecular complexity index is 580. The highest BCUT2D eigenvalue weighted by Crippen LogP contribution is 2.30. The van der Waals surface area contributed by atoms with Crippen molar-refractivity contribution in [3.63, 3.8) is 0 Å². The summed E-state index contributed by atoms with van der Waals surface area (Å²) < 4.78 is 1.35. The van der Waals surface area contributed by atoms with Gasteiger partial charge in [0, 0.05) is 48.5 Å². The van der Waals surface area contributed by atoms with Crippen LogP contribution in [0.1, 0.15) is 25.7 Å². The molecule has 3 nitrogen and oxygen atoms in total. The Morgan fingerprint density at radius 1 is 1.05 bits per heavy atom. The normalized spacial score (nSPS) is 21.9. The van der Waals surface area contributed by atoms with Crippen molar-refractivity contribution < 1.29 is 0 Å². The number of pyridine rings is 1. The number of hydrogen-bond donors (Lipinski definition) is 0. The van der Waals surface area contributed by atoms with E-state index in [2.05, 4.69) is 32.3 Å². The van der Waals surface area contributed by atoms with Gasteiger partial charge in [-0.05, 0) is 30.4 Å². The largest absolute Gasteiger partial charge is 0.354 e. The predicted octanol–water partition coefficient (Wildman–Crippen LogP) is 3.36. The molecule has 0 bridgehead atoms. The van der Waals surface area contributed by atoms with Crippen LogP contribution in [0.15, 0.2) is 23.7 Å². The topological polar surface area (TPSA) is 19.4 Å². The van der Waals surface area contributed by atoms with Crippen LogP contribution in [0.2, 0.25) is 0 Å². The second-order valence-corrected chi connectivity index (χ2v) is 6.88. The van der Waals surface area contributed by atoms with Gasteiger partial charge >= 0.3 is 0 Å². The summed E-state index contributed by atoms with van der Waals surface area (Å²) in [6.07, 6.45) is 7.65. The quantitative estimate of drug-likeness (QED) is 0.844. The van der Waals surface area contributed by atoms with E-state index in [9.17, 15) is 0 Å². The molecule has 4 rings (SSSR count). The number of nitrogens with zero attached hydrogens (tertiary/aromatic N) is 3. The molecule has 0 N–H and O–H groups in total. The Morgan fingerprint density at radius 2 is 1.85 bits per heavy atom. The molecular weight excluding hydrogens is 266 g/mol. The Hall–Kier alpha value is -1.13. The van der Waals surface area contributed by atoms with E-state index in [1.54, 1.807) is 0 Å². The number of thiophene rings is 1. The van der Waals surface area contributed by atoms with Crippen molar-refractivity contribution in [1.82, 2.24) is 9.88 Å². The van der Waals surface area contributed by atoms with E-state index in [-0.39, 0.29) is 0 Å². The van der Waals surface area contributed by atoms with Crippen LogP contribution in [0.3, 0.4) is 0 Å². The molecule has 0 amide bonds. The first kappa shape index (κ1) is 12.6. The summed E-state index contributed by atoms with van der Waals surface area (Å²) >= 11 is 1.81. The second kappa shape index (κ2) is 5.34. The molecule has 4 heteroatoms. The van der Waals surface area contributed by atoms with Gasteiger partial charge in [-0.3, -0.25) is 4.90 Å². The van der Waals surface area contributed by atoms with Gasteiger partial charge in [0.15, 0.2) is 0 Å². The van der Waals surface area contributed by atoms with Crippen LogP contribution >= 0.6 is 11.3 Å². The number of hydrogen-bond acceptors (Lipinski definition) is 4. The van der Waals surface area contributed by atoms with Crippen LogP contribution in [-0.2, 0) is 0 Å². The number of piperazine rings is 1. The minimum absolute atomic E-state index is 0.863. The lowest BCUT2D eigenvalue weighted by molar-refractivity contribution is 0.187. The molecule has 1 aliphatic carbocycles. The fourth-order valence-electron chi connectivity index (χ4n) is 3.70. The highest BCUT2D eigenvalue weighted by atomic mass is 32.1. The van der Waals surface area contributed by atoms with E-state index in [0.29, 0.717) is 0 Å². The molecule has 106 valence electrons. The van der Waals surface area contributed by atoms with Crippen molar-refractivity contribution in [2.24, 2.45) is 0 Å². The predicted molar refractivity (Wildman–Crippen MR) is 85.7 cm³/mol. The van der Waals surface area contributed by atoms with E-state index in [4.69, 9.17) is 0 Å². The van der Waals surface area contributed by atoms with E-state index >= 15 is 0 Å². The molecule has 1 saturated carbocycles. The molecule has 0 spiro atoms. The Morgan fingerprint density at radius 3 is 2.65 bits per heavy atom. The maximum absolute atomic E-state index is 4.64. The summed E-state index contributed by atoms with van der Waals surface area (Å²) in [5.41, 5.74) is 0. The molecule has 0 atom stereocenters. The molecule has 2 aromatic heterocycles. The molecular formula is C16H21N3S. The van der Waals surface area contributed by atoms with Gasteiger partial charge in [-0.25, -0.2) is 4.98 Å². The van der Waals surface area contributed by atoms with E-state index in [1.165, 1.54) is 54.7 Å². The highest BCUT2D eigenvalue weighted by molar-refractivity contribution is 7.17. The first-order valence-electron chi connectivity index (χ1n) is 7.73. The number of fused-ring (bicyclic) bond motifs is 1. The molecule has 0 aromatic carbocycles. The van der Waals surface area contributed by atoms with Gasteiger partial charge in [-0.2, -0.15) is 0 Å². The minimum atomic E-state index is 0.863. The van der Waals surface area contributed by atoms with Gasteiger partial charge in [0.1, 0.15) is 5.82 Å². The van der Waals surface area contributed by atoms with Crippen molar-refractivity contribution in [2.45, 2.75) is 31.7 Å². The summed E-state index contributed by atoms with van der Waals surface area (Å²) in [6.45, 7) is 4.65. The van der Waals surface area contributed by atoms with Gasteiger partial charge < -0.3 is 4.90 Å². The van der Waals surface area contributed by atoms with Crippen LogP contribution in [0.4, 0.5) is 5.82 Å². The van der Waals surface area contributed by atoms with Gasteiger partial charge in [0.25, 0.3) is 0 Å². The third-order valence-corrected chi connectivity index (χ3v) is 5.70. The van der Waals surface area contributed by atoms with Gasteiger partial charge in [-0.1, -0.05) is 12.8 Å². The molecule has 1 aliphatic heterocycles. The lowest BCUT2D eigenvalue weighted by Gasteiger charge is -2.38. The van der Waals surface area contributed by atoms with Crippen molar-refractivity contribution in [3.05, 3.63) is 23.7 Å². The molecule has 1 saturated heterocycles. The molecule has 0 unspecified atom stereocenters. The van der Waals surface area contributed by atoms with E-state index in [1.807, 2.05) is 17.5 Å². The van der Waals surface area contributed by atoms with Gasteiger partial charge in [0.2, 0.25) is 0 Å². The van der Waals surface area contributed by atoms with Crippen LogP contribution < -0.4 is 4.90 Å². The number of rotatable bonds is 2. The summed E-state index contributed by atoms with van der Waals surface area (Å²) in [4.78, 5) is 9.82. The summed E-state index contributed by atoms with van der Waals surface area (Å²) in [5, 5.41) is 3.50. The second-order valence-electron chi connectivity index (χ2n) is 5.93. The molecule has 2 aromatic rings. The lowest BCUT2D eigenvalue weighted by Crippen LogP contribution is -2.50. The van der Waals surface area contributed by atoms with Crippen molar-refractivity contribution >= 4 is 27.2 Å². The SMILES string of the molecule is c1cc2sccc2c(N2CCN(C3CCCC3)CC2)n1. The molecule has 0 radical (unpaired) electrons. The summed E-state index contributed by atoms with van der Waals surface area (Å²) in [6, 6.07) is 5.20. The van der Waals surface area contributed by atoms with Crippen LogP contribution in [0, 0.1) is 0 Å². The van der Waals surface area contributed by atoms with Gasteiger partial charge in [0.05, 0.1) is 0 Å². The molecule has 2 fully saturated rings. The monoisotopic (exact) mass is 287 g/mol. The standard InChI is InChI=1S/C16H21N3S/c1-2-4-13(3-1)18-8-10-19(11-9-18)16-14-6-12-20-15(14)5-7-17-16/h5-7,12-13H,1-4,8-11H2. The fraction of sp³-hybridized carbons (Fsp3) is 0.562. The fourth-order valence-corrected chi connectivity index (χ4v) is 4.48. The highest BCUT2D eigenvalue weighted by Gasteiger charge is 2.26. The maximum atomic E-state index is 4.64. The molecule has 3 heterocycles. The third-order valence-electron chi connectivity index (χ3n) is 4.81. The number of anilines is 1.